The van der Waals surface area contributed by atoms with Crippen LogP contribution in [0, 0.1) is 6.92 Å². The van der Waals surface area contributed by atoms with Gasteiger partial charge < -0.3 is 0 Å². The van der Waals surface area contributed by atoms with Gasteiger partial charge in [-0.1, -0.05) is 59.6 Å². The van der Waals surface area contributed by atoms with Crippen LogP contribution in [0.4, 0.5) is 0 Å². The Balaban J connectivity index is 1.81. The molecule has 0 fully saturated rings. The first kappa shape index (κ1) is 21.8. The lowest BCUT2D eigenvalue weighted by Crippen LogP contribution is -2.32. The van der Waals surface area contributed by atoms with Crippen LogP contribution in [0.25, 0.3) is 0 Å². The van der Waals surface area contributed by atoms with Crippen molar-refractivity contribution >= 4 is 31.5 Å². The second-order valence-electron chi connectivity index (χ2n) is 7.31. The molecule has 0 bridgehead atoms. The van der Waals surface area contributed by atoms with Crippen molar-refractivity contribution in [2.45, 2.75) is 22.8 Å². The standard InChI is InChI=1S/C23H20ClNO4S2/c1-17-7-13-21(14-8-17)31(28,29)25-16-22(30(26,27)20-5-3-2-4-6-20)15-23(25)18-9-11-19(24)12-10-18/h2-15,23H,16H2,1H3. The minimum Gasteiger partial charge on any atom is -0.219 e. The summed E-state index contributed by atoms with van der Waals surface area (Å²) in [5.74, 6) is 0. The Labute approximate surface area is 187 Å². The number of sulfonamides is 1. The van der Waals surface area contributed by atoms with Crippen molar-refractivity contribution in [3.8, 4) is 0 Å². The molecule has 1 aliphatic heterocycles. The Kier molecular flexibility index (Phi) is 5.79. The number of sulfone groups is 1. The summed E-state index contributed by atoms with van der Waals surface area (Å²) in [6.45, 7) is 1.62. The molecule has 1 heterocycles. The van der Waals surface area contributed by atoms with Gasteiger partial charge in [0.2, 0.25) is 19.9 Å². The first-order valence-electron chi connectivity index (χ1n) is 9.54. The van der Waals surface area contributed by atoms with Gasteiger partial charge in [0, 0.05) is 5.02 Å². The highest BCUT2D eigenvalue weighted by molar-refractivity contribution is 7.95. The van der Waals surface area contributed by atoms with E-state index in [9.17, 15) is 16.8 Å². The molecule has 1 atom stereocenters. The van der Waals surface area contributed by atoms with E-state index in [0.717, 1.165) is 5.56 Å². The summed E-state index contributed by atoms with van der Waals surface area (Å²) >= 11 is 5.99. The van der Waals surface area contributed by atoms with Crippen LogP contribution in [0.15, 0.2) is 99.6 Å². The molecule has 0 amide bonds. The number of benzene rings is 3. The molecule has 160 valence electrons. The number of halogens is 1. The van der Waals surface area contributed by atoms with Crippen LogP contribution in [-0.2, 0) is 19.9 Å². The lowest BCUT2D eigenvalue weighted by atomic mass is 10.1. The molecule has 0 saturated heterocycles. The Bertz CT molecular complexity index is 1330. The zero-order valence-corrected chi connectivity index (χ0v) is 19.0. The lowest BCUT2D eigenvalue weighted by molar-refractivity contribution is 0.417. The fourth-order valence-corrected chi connectivity index (χ4v) is 6.68. The zero-order chi connectivity index (χ0) is 22.2. The Morgan fingerprint density at radius 2 is 1.42 bits per heavy atom. The molecular formula is C23H20ClNO4S2. The van der Waals surface area contributed by atoms with Gasteiger partial charge in [-0.2, -0.15) is 4.31 Å². The van der Waals surface area contributed by atoms with Crippen LogP contribution in [0.2, 0.25) is 5.02 Å². The highest BCUT2D eigenvalue weighted by Crippen LogP contribution is 2.38. The maximum atomic E-state index is 13.5. The van der Waals surface area contributed by atoms with E-state index in [1.807, 2.05) is 6.92 Å². The fraction of sp³-hybridized carbons (Fsp3) is 0.130. The SMILES string of the molecule is Cc1ccc(S(=O)(=O)N2CC(S(=O)(=O)c3ccccc3)=CC2c2ccc(Cl)cc2)cc1. The Hall–Kier alpha value is -2.45. The number of aryl methyl sites for hydroxylation is 1. The van der Waals surface area contributed by atoms with E-state index in [2.05, 4.69) is 0 Å². The summed E-state index contributed by atoms with van der Waals surface area (Å²) < 4.78 is 54.6. The van der Waals surface area contributed by atoms with Gasteiger partial charge in [0.15, 0.2) is 0 Å². The third kappa shape index (κ3) is 4.19. The van der Waals surface area contributed by atoms with E-state index >= 15 is 0 Å². The molecule has 3 aromatic carbocycles. The van der Waals surface area contributed by atoms with Gasteiger partial charge in [-0.05, 0) is 55.0 Å². The van der Waals surface area contributed by atoms with Crippen LogP contribution >= 0.6 is 11.6 Å². The molecule has 0 aromatic heterocycles. The molecule has 8 heteroatoms. The summed E-state index contributed by atoms with van der Waals surface area (Å²) in [4.78, 5) is 0.295. The Morgan fingerprint density at radius 3 is 2.03 bits per heavy atom. The van der Waals surface area contributed by atoms with Crippen molar-refractivity contribution in [3.05, 3.63) is 106 Å². The molecule has 3 aromatic rings. The summed E-state index contributed by atoms with van der Waals surface area (Å²) in [6.07, 6.45) is 1.51. The molecule has 1 unspecified atom stereocenters. The number of hydrogen-bond acceptors (Lipinski definition) is 4. The van der Waals surface area contributed by atoms with E-state index in [0.29, 0.717) is 10.6 Å². The van der Waals surface area contributed by atoms with Gasteiger partial charge in [0.1, 0.15) is 0 Å². The van der Waals surface area contributed by atoms with E-state index in [4.69, 9.17) is 11.6 Å². The van der Waals surface area contributed by atoms with Gasteiger partial charge in [-0.25, -0.2) is 16.8 Å². The molecule has 0 saturated carbocycles. The number of rotatable bonds is 5. The van der Waals surface area contributed by atoms with Crippen LogP contribution in [0.1, 0.15) is 17.2 Å². The van der Waals surface area contributed by atoms with E-state index in [1.54, 1.807) is 54.6 Å². The molecular weight excluding hydrogens is 454 g/mol. The predicted molar refractivity (Wildman–Crippen MR) is 121 cm³/mol. The number of hydrogen-bond donors (Lipinski definition) is 0. The second-order valence-corrected chi connectivity index (χ2v) is 11.6. The van der Waals surface area contributed by atoms with Gasteiger partial charge >= 0.3 is 0 Å². The molecule has 0 N–H and O–H groups in total. The van der Waals surface area contributed by atoms with Crippen molar-refractivity contribution in [2.75, 3.05) is 6.54 Å². The van der Waals surface area contributed by atoms with Gasteiger partial charge in [0.05, 0.1) is 27.3 Å². The predicted octanol–water partition coefficient (Wildman–Crippen LogP) is 4.75. The van der Waals surface area contributed by atoms with Crippen molar-refractivity contribution < 1.29 is 16.8 Å². The average Bonchev–Trinajstić information content (AvgIpc) is 3.22. The summed E-state index contributed by atoms with van der Waals surface area (Å²) in [5.41, 5.74) is 1.57. The maximum Gasteiger partial charge on any atom is 0.244 e. The highest BCUT2D eigenvalue weighted by Gasteiger charge is 2.40. The van der Waals surface area contributed by atoms with E-state index < -0.39 is 25.9 Å². The smallest absolute Gasteiger partial charge is 0.219 e. The Morgan fingerprint density at radius 1 is 0.806 bits per heavy atom. The average molecular weight is 474 g/mol. The van der Waals surface area contributed by atoms with Crippen LogP contribution in [-0.4, -0.2) is 27.7 Å². The van der Waals surface area contributed by atoms with Crippen LogP contribution < -0.4 is 0 Å². The third-order valence-electron chi connectivity index (χ3n) is 5.20. The van der Waals surface area contributed by atoms with Gasteiger partial charge in [0.25, 0.3) is 0 Å². The normalized spacial score (nSPS) is 17.5. The minimum absolute atomic E-state index is 0.0503. The van der Waals surface area contributed by atoms with E-state index in [1.165, 1.54) is 34.6 Å². The van der Waals surface area contributed by atoms with Gasteiger partial charge in [-0.3, -0.25) is 0 Å². The lowest BCUT2D eigenvalue weighted by Gasteiger charge is -2.24. The largest absolute Gasteiger partial charge is 0.244 e. The van der Waals surface area contributed by atoms with Crippen molar-refractivity contribution in [1.82, 2.24) is 4.31 Å². The first-order chi connectivity index (χ1) is 14.7. The fourth-order valence-electron chi connectivity index (χ4n) is 3.49. The van der Waals surface area contributed by atoms with Crippen molar-refractivity contribution in [2.24, 2.45) is 0 Å². The molecule has 5 nitrogen and oxygen atoms in total. The molecule has 4 rings (SSSR count). The topological polar surface area (TPSA) is 71.5 Å². The molecule has 0 radical (unpaired) electrons. The summed E-state index contributed by atoms with van der Waals surface area (Å²) in [6, 6.07) is 20.5. The van der Waals surface area contributed by atoms with E-state index in [-0.39, 0.29) is 21.2 Å². The van der Waals surface area contributed by atoms with Crippen molar-refractivity contribution in [1.29, 1.82) is 0 Å². The van der Waals surface area contributed by atoms with Crippen LogP contribution in [0.3, 0.4) is 0 Å². The monoisotopic (exact) mass is 473 g/mol. The molecule has 1 aliphatic rings. The number of nitrogens with zero attached hydrogens (tertiary/aromatic N) is 1. The molecule has 0 spiro atoms. The quantitative estimate of drug-likeness (QED) is 0.536. The van der Waals surface area contributed by atoms with Gasteiger partial charge in [-0.15, -0.1) is 0 Å². The zero-order valence-electron chi connectivity index (χ0n) is 16.6. The summed E-state index contributed by atoms with van der Waals surface area (Å²) in [7, 11) is -7.80. The molecule has 0 aliphatic carbocycles. The molecule has 31 heavy (non-hydrogen) atoms. The maximum absolute atomic E-state index is 13.5. The highest BCUT2D eigenvalue weighted by atomic mass is 35.5. The second kappa shape index (κ2) is 8.24. The first-order valence-corrected chi connectivity index (χ1v) is 12.8. The van der Waals surface area contributed by atoms with Crippen molar-refractivity contribution in [3.63, 3.8) is 0 Å². The summed E-state index contributed by atoms with van der Waals surface area (Å²) in [5, 5.41) is 0.510. The third-order valence-corrected chi connectivity index (χ3v) is 9.15. The van der Waals surface area contributed by atoms with Crippen LogP contribution in [0.5, 0.6) is 0 Å². The minimum atomic E-state index is -3.95.